The zero-order valence-electron chi connectivity index (χ0n) is 14.9. The Morgan fingerprint density at radius 1 is 0.862 bits per heavy atom. The highest BCUT2D eigenvalue weighted by atomic mass is 19.4. The molecule has 2 heterocycles. The van der Waals surface area contributed by atoms with Crippen LogP contribution in [0.15, 0.2) is 53.2 Å². The summed E-state index contributed by atoms with van der Waals surface area (Å²) < 4.78 is 48.7. The second kappa shape index (κ2) is 7.26. The fourth-order valence-electron chi connectivity index (χ4n) is 2.53. The molecule has 11 heteroatoms. The van der Waals surface area contributed by atoms with Crippen LogP contribution in [0.1, 0.15) is 5.56 Å². The monoisotopic (exact) mass is 402 g/mol. The minimum Gasteiger partial charge on any atom is -0.497 e. The largest absolute Gasteiger partial charge is 0.497 e. The molecule has 0 saturated heterocycles. The van der Waals surface area contributed by atoms with Gasteiger partial charge in [-0.1, -0.05) is 6.07 Å². The predicted octanol–water partition coefficient (Wildman–Crippen LogP) is 4.53. The summed E-state index contributed by atoms with van der Waals surface area (Å²) in [5.41, 5.74) is 0.311. The van der Waals surface area contributed by atoms with Gasteiger partial charge in [-0.3, -0.25) is 0 Å². The summed E-state index contributed by atoms with van der Waals surface area (Å²) in [4.78, 5) is 8.53. The van der Waals surface area contributed by atoms with Crippen LogP contribution in [0.2, 0.25) is 0 Å². The molecular formula is C18H13F3N6O2. The van der Waals surface area contributed by atoms with Crippen molar-refractivity contribution in [2.24, 2.45) is 0 Å². The van der Waals surface area contributed by atoms with Crippen molar-refractivity contribution < 1.29 is 22.5 Å². The van der Waals surface area contributed by atoms with Gasteiger partial charge in [0.1, 0.15) is 5.75 Å². The first-order valence-corrected chi connectivity index (χ1v) is 8.28. The van der Waals surface area contributed by atoms with E-state index in [-0.39, 0.29) is 28.6 Å². The summed E-state index contributed by atoms with van der Waals surface area (Å²) >= 11 is 0. The number of nitrogens with zero attached hydrogens (tertiary/aromatic N) is 4. The first-order valence-electron chi connectivity index (χ1n) is 8.28. The van der Waals surface area contributed by atoms with E-state index in [1.54, 1.807) is 31.4 Å². The Hall–Kier alpha value is -3.89. The summed E-state index contributed by atoms with van der Waals surface area (Å²) in [5.74, 6) is 1.05. The van der Waals surface area contributed by atoms with Crippen molar-refractivity contribution in [3.8, 4) is 5.75 Å². The molecule has 0 atom stereocenters. The zero-order chi connectivity index (χ0) is 20.4. The van der Waals surface area contributed by atoms with Gasteiger partial charge in [0.25, 0.3) is 0 Å². The molecule has 0 amide bonds. The fraction of sp³-hybridized carbons (Fsp3) is 0.111. The molecule has 0 aliphatic carbocycles. The molecule has 148 valence electrons. The van der Waals surface area contributed by atoms with E-state index in [1.165, 1.54) is 12.1 Å². The number of ether oxygens (including phenoxy) is 1. The minimum absolute atomic E-state index is 0.111. The van der Waals surface area contributed by atoms with Crippen molar-refractivity contribution in [3.63, 3.8) is 0 Å². The van der Waals surface area contributed by atoms with Gasteiger partial charge in [-0.15, -0.1) is 0 Å². The quantitative estimate of drug-likeness (QED) is 0.503. The fourth-order valence-corrected chi connectivity index (χ4v) is 2.53. The third-order valence-corrected chi connectivity index (χ3v) is 3.92. The lowest BCUT2D eigenvalue weighted by molar-refractivity contribution is -0.137. The van der Waals surface area contributed by atoms with Crippen molar-refractivity contribution in [1.82, 2.24) is 20.3 Å². The molecule has 0 unspecified atom stereocenters. The third-order valence-electron chi connectivity index (χ3n) is 3.92. The molecule has 4 rings (SSSR count). The van der Waals surface area contributed by atoms with Crippen molar-refractivity contribution in [2.45, 2.75) is 6.18 Å². The number of nitrogens with one attached hydrogen (secondary N) is 2. The van der Waals surface area contributed by atoms with Crippen LogP contribution in [0, 0.1) is 0 Å². The summed E-state index contributed by atoms with van der Waals surface area (Å²) in [6.45, 7) is 0. The summed E-state index contributed by atoms with van der Waals surface area (Å²) in [6.07, 6.45) is -4.46. The Balaban J connectivity index is 1.70. The predicted molar refractivity (Wildman–Crippen MR) is 98.4 cm³/mol. The van der Waals surface area contributed by atoms with Crippen LogP contribution in [0.5, 0.6) is 5.75 Å². The Labute approximate surface area is 161 Å². The van der Waals surface area contributed by atoms with E-state index in [2.05, 4.69) is 35.5 Å². The van der Waals surface area contributed by atoms with Gasteiger partial charge in [-0.25, -0.2) is 14.6 Å². The van der Waals surface area contributed by atoms with Gasteiger partial charge >= 0.3 is 6.18 Å². The molecule has 0 saturated carbocycles. The number of hydrogen-bond donors (Lipinski definition) is 2. The second-order valence-corrected chi connectivity index (χ2v) is 5.89. The number of aromatic nitrogens is 4. The van der Waals surface area contributed by atoms with Crippen molar-refractivity contribution in [2.75, 3.05) is 17.7 Å². The Bertz CT molecular complexity index is 1140. The van der Waals surface area contributed by atoms with Crippen molar-refractivity contribution in [3.05, 3.63) is 54.1 Å². The van der Waals surface area contributed by atoms with E-state index in [1.807, 2.05) is 0 Å². The van der Waals surface area contributed by atoms with Gasteiger partial charge in [0.2, 0.25) is 11.3 Å². The smallest absolute Gasteiger partial charge is 0.416 e. The average molecular weight is 402 g/mol. The zero-order valence-corrected chi connectivity index (χ0v) is 14.9. The Morgan fingerprint density at radius 3 is 2.07 bits per heavy atom. The van der Waals surface area contributed by atoms with Gasteiger partial charge in [-0.05, 0) is 52.8 Å². The molecular weight excluding hydrogens is 389 g/mol. The number of hydrogen-bond acceptors (Lipinski definition) is 8. The Kier molecular flexibility index (Phi) is 4.63. The molecule has 0 aliphatic heterocycles. The Morgan fingerprint density at radius 2 is 1.48 bits per heavy atom. The summed E-state index contributed by atoms with van der Waals surface area (Å²) in [5, 5.41) is 13.2. The number of fused-ring (bicyclic) bond motifs is 1. The second-order valence-electron chi connectivity index (χ2n) is 5.89. The molecule has 29 heavy (non-hydrogen) atoms. The molecule has 0 aliphatic rings. The molecule has 0 fully saturated rings. The van der Waals surface area contributed by atoms with Crippen molar-refractivity contribution in [1.29, 1.82) is 0 Å². The van der Waals surface area contributed by atoms with Crippen LogP contribution in [-0.4, -0.2) is 27.4 Å². The number of anilines is 4. The van der Waals surface area contributed by atoms with Gasteiger partial charge < -0.3 is 15.4 Å². The van der Waals surface area contributed by atoms with Gasteiger partial charge in [-0.2, -0.15) is 13.2 Å². The maximum Gasteiger partial charge on any atom is 0.416 e. The van der Waals surface area contributed by atoms with Gasteiger partial charge in [0.05, 0.1) is 12.7 Å². The summed E-state index contributed by atoms with van der Waals surface area (Å²) in [6, 6.07) is 11.7. The highest BCUT2D eigenvalue weighted by Gasteiger charge is 2.30. The van der Waals surface area contributed by atoms with Crippen molar-refractivity contribution >= 4 is 34.3 Å². The number of halogens is 3. The lowest BCUT2D eigenvalue weighted by atomic mass is 10.2. The SMILES string of the molecule is COc1ccc(Nc2nc3nonc3nc2Nc2cccc(C(F)(F)F)c2)cc1. The lowest BCUT2D eigenvalue weighted by Gasteiger charge is -2.13. The lowest BCUT2D eigenvalue weighted by Crippen LogP contribution is -2.06. The standard InChI is InChI=1S/C18H13F3N6O2/c1-28-13-7-5-11(6-8-13)22-14-15(25-17-16(24-14)26-29-27-17)23-12-4-2-3-10(9-12)18(19,20)21/h2-9H,1H3,(H,22,24,26)(H,23,25,27). The van der Waals surface area contributed by atoms with E-state index >= 15 is 0 Å². The van der Waals surface area contributed by atoms with E-state index in [4.69, 9.17) is 4.74 Å². The van der Waals surface area contributed by atoms with Crippen LogP contribution in [0.4, 0.5) is 36.2 Å². The number of rotatable bonds is 5. The van der Waals surface area contributed by atoms with Crippen LogP contribution in [-0.2, 0) is 6.18 Å². The van der Waals surface area contributed by atoms with E-state index in [9.17, 15) is 13.2 Å². The maximum absolute atomic E-state index is 13.0. The number of benzene rings is 2. The van der Waals surface area contributed by atoms with Crippen LogP contribution >= 0.6 is 0 Å². The maximum atomic E-state index is 13.0. The molecule has 4 aromatic rings. The minimum atomic E-state index is -4.46. The molecule has 0 bridgehead atoms. The first-order chi connectivity index (χ1) is 13.9. The van der Waals surface area contributed by atoms with Gasteiger partial charge in [0.15, 0.2) is 11.6 Å². The molecule has 0 spiro atoms. The third kappa shape index (κ3) is 4.03. The summed E-state index contributed by atoms with van der Waals surface area (Å²) in [7, 11) is 1.55. The van der Waals surface area contributed by atoms with E-state index in [0.29, 0.717) is 11.4 Å². The molecule has 2 aromatic heterocycles. The van der Waals surface area contributed by atoms with E-state index in [0.717, 1.165) is 12.1 Å². The van der Waals surface area contributed by atoms with Crippen LogP contribution in [0.25, 0.3) is 11.3 Å². The van der Waals surface area contributed by atoms with E-state index < -0.39 is 11.7 Å². The van der Waals surface area contributed by atoms with Crippen LogP contribution < -0.4 is 15.4 Å². The highest BCUT2D eigenvalue weighted by molar-refractivity contribution is 5.79. The molecule has 2 aromatic carbocycles. The normalized spacial score (nSPS) is 11.4. The van der Waals surface area contributed by atoms with Gasteiger partial charge in [0, 0.05) is 11.4 Å². The van der Waals surface area contributed by atoms with Crippen LogP contribution in [0.3, 0.4) is 0 Å². The molecule has 2 N–H and O–H groups in total. The first kappa shape index (κ1) is 18.5. The molecule has 8 nitrogen and oxygen atoms in total. The molecule has 0 radical (unpaired) electrons. The number of methoxy groups -OCH3 is 1. The number of alkyl halides is 3. The topological polar surface area (TPSA) is 98.0 Å². The highest BCUT2D eigenvalue weighted by Crippen LogP contribution is 2.32. The average Bonchev–Trinajstić information content (AvgIpc) is 3.15.